The average Bonchev–Trinajstić information content (AvgIpc) is 3.23. The van der Waals surface area contributed by atoms with Crippen LogP contribution in [0.15, 0.2) is 53.6 Å². The van der Waals surface area contributed by atoms with Crippen molar-refractivity contribution >= 4 is 38.4 Å². The van der Waals surface area contributed by atoms with Crippen LogP contribution < -0.4 is 5.56 Å². The number of likely N-dealkylation sites (tertiary alicyclic amines) is 1. The van der Waals surface area contributed by atoms with Gasteiger partial charge in [-0.05, 0) is 43.5 Å². The maximum atomic E-state index is 12.8. The first kappa shape index (κ1) is 19.9. The molecular formula is C24H24N4O2S. The Labute approximate surface area is 184 Å². The van der Waals surface area contributed by atoms with Crippen LogP contribution in [0.2, 0.25) is 0 Å². The van der Waals surface area contributed by atoms with Gasteiger partial charge in [-0.1, -0.05) is 24.3 Å². The average molecular weight is 433 g/mol. The van der Waals surface area contributed by atoms with Gasteiger partial charge in [0.1, 0.15) is 0 Å². The lowest BCUT2D eigenvalue weighted by atomic mass is 9.97. The fourth-order valence-corrected chi connectivity index (χ4v) is 5.45. The molecule has 0 aliphatic carbocycles. The number of rotatable bonds is 4. The van der Waals surface area contributed by atoms with Crippen molar-refractivity contribution in [3.63, 3.8) is 0 Å². The summed E-state index contributed by atoms with van der Waals surface area (Å²) in [5.74, 6) is 0.510. The third-order valence-corrected chi connectivity index (χ3v) is 7.33. The molecule has 1 fully saturated rings. The molecule has 1 saturated heterocycles. The Hall–Kier alpha value is -3.06. The second-order valence-corrected chi connectivity index (χ2v) is 9.20. The SMILES string of the molecule is Cc1cccc2c(=O)n(CCC(=O)N3CCC(c4nc5ccccc5s4)CC3)cnc12. The number of hydrogen-bond acceptors (Lipinski definition) is 5. The number of hydrogen-bond donors (Lipinski definition) is 0. The zero-order valence-corrected chi connectivity index (χ0v) is 18.3. The standard InChI is InChI=1S/C24H24N4O2S/c1-16-5-4-6-18-22(16)25-15-28(24(18)30)14-11-21(29)27-12-9-17(10-13-27)23-26-19-7-2-3-8-20(19)31-23/h2-8,15,17H,9-14H2,1H3. The maximum absolute atomic E-state index is 12.8. The van der Waals surface area contributed by atoms with Crippen molar-refractivity contribution in [2.24, 2.45) is 0 Å². The van der Waals surface area contributed by atoms with Gasteiger partial charge in [0.25, 0.3) is 5.56 Å². The number of fused-ring (bicyclic) bond motifs is 2. The van der Waals surface area contributed by atoms with Crippen LogP contribution in [0.25, 0.3) is 21.1 Å². The molecule has 2 aromatic carbocycles. The van der Waals surface area contributed by atoms with Gasteiger partial charge in [-0.2, -0.15) is 0 Å². The van der Waals surface area contributed by atoms with Crippen LogP contribution in [0.5, 0.6) is 0 Å². The lowest BCUT2D eigenvalue weighted by Gasteiger charge is -2.31. The first-order chi connectivity index (χ1) is 15.1. The lowest BCUT2D eigenvalue weighted by molar-refractivity contribution is -0.132. The highest BCUT2D eigenvalue weighted by Crippen LogP contribution is 2.33. The summed E-state index contributed by atoms with van der Waals surface area (Å²) < 4.78 is 2.77. The van der Waals surface area contributed by atoms with E-state index in [1.54, 1.807) is 28.3 Å². The van der Waals surface area contributed by atoms with Gasteiger partial charge in [-0.25, -0.2) is 9.97 Å². The van der Waals surface area contributed by atoms with Gasteiger partial charge in [0.2, 0.25) is 5.91 Å². The Balaban J connectivity index is 1.21. The van der Waals surface area contributed by atoms with Crippen molar-refractivity contribution in [3.05, 3.63) is 69.7 Å². The van der Waals surface area contributed by atoms with E-state index in [0.717, 1.165) is 42.5 Å². The van der Waals surface area contributed by atoms with Crippen LogP contribution in [-0.2, 0) is 11.3 Å². The lowest BCUT2D eigenvalue weighted by Crippen LogP contribution is -2.38. The summed E-state index contributed by atoms with van der Waals surface area (Å²) >= 11 is 1.76. The van der Waals surface area contributed by atoms with Crippen molar-refractivity contribution in [1.29, 1.82) is 0 Å². The number of aryl methyl sites for hydroxylation is 2. The highest BCUT2D eigenvalue weighted by molar-refractivity contribution is 7.18. The molecule has 1 aliphatic rings. The van der Waals surface area contributed by atoms with Gasteiger partial charge < -0.3 is 4.90 Å². The van der Waals surface area contributed by atoms with E-state index in [2.05, 4.69) is 17.1 Å². The smallest absolute Gasteiger partial charge is 0.261 e. The second-order valence-electron chi connectivity index (χ2n) is 8.14. The van der Waals surface area contributed by atoms with Crippen LogP contribution >= 0.6 is 11.3 Å². The van der Waals surface area contributed by atoms with E-state index in [1.165, 1.54) is 9.71 Å². The summed E-state index contributed by atoms with van der Waals surface area (Å²) in [6.07, 6.45) is 3.74. The molecule has 2 aromatic heterocycles. The Kier molecular flexibility index (Phi) is 5.28. The summed E-state index contributed by atoms with van der Waals surface area (Å²) in [5, 5.41) is 1.78. The number of carbonyl (C=O) groups is 1. The summed E-state index contributed by atoms with van der Waals surface area (Å²) in [6, 6.07) is 13.8. The topological polar surface area (TPSA) is 68.1 Å². The molecule has 0 spiro atoms. The van der Waals surface area contributed by atoms with Crippen LogP contribution in [0.3, 0.4) is 0 Å². The monoisotopic (exact) mass is 432 g/mol. The van der Waals surface area contributed by atoms with Gasteiger partial charge in [-0.15, -0.1) is 11.3 Å². The molecule has 0 atom stereocenters. The fourth-order valence-electron chi connectivity index (χ4n) is 4.31. The number of carbonyl (C=O) groups excluding carboxylic acids is 1. The molecule has 6 nitrogen and oxygen atoms in total. The molecule has 0 bridgehead atoms. The largest absolute Gasteiger partial charge is 0.343 e. The molecule has 158 valence electrons. The zero-order valence-electron chi connectivity index (χ0n) is 17.5. The third kappa shape index (κ3) is 3.85. The number of para-hydroxylation sites is 2. The van der Waals surface area contributed by atoms with Crippen molar-refractivity contribution in [1.82, 2.24) is 19.4 Å². The minimum Gasteiger partial charge on any atom is -0.343 e. The Morgan fingerprint density at radius 2 is 1.94 bits per heavy atom. The highest BCUT2D eigenvalue weighted by Gasteiger charge is 2.25. The van der Waals surface area contributed by atoms with Gasteiger partial charge >= 0.3 is 0 Å². The summed E-state index contributed by atoms with van der Waals surface area (Å²) in [7, 11) is 0. The number of amides is 1. The second kappa shape index (κ2) is 8.23. The molecule has 4 aromatic rings. The molecule has 1 amide bonds. The molecule has 0 N–H and O–H groups in total. The predicted octanol–water partition coefficient (Wildman–Crippen LogP) is 4.11. The number of aromatic nitrogens is 3. The van der Waals surface area contributed by atoms with Gasteiger partial charge in [0.15, 0.2) is 0 Å². The molecule has 0 unspecified atom stereocenters. The summed E-state index contributed by atoms with van der Waals surface area (Å²) in [6.45, 7) is 3.78. The number of benzene rings is 2. The fraction of sp³-hybridized carbons (Fsp3) is 0.333. The maximum Gasteiger partial charge on any atom is 0.261 e. The minimum atomic E-state index is -0.0870. The molecule has 31 heavy (non-hydrogen) atoms. The van der Waals surface area contributed by atoms with E-state index in [-0.39, 0.29) is 11.5 Å². The van der Waals surface area contributed by atoms with Crippen LogP contribution in [0.4, 0.5) is 0 Å². The summed E-state index contributed by atoms with van der Waals surface area (Å²) in [5.41, 5.74) is 2.68. The molecule has 7 heteroatoms. The van der Waals surface area contributed by atoms with E-state index in [4.69, 9.17) is 4.98 Å². The summed E-state index contributed by atoms with van der Waals surface area (Å²) in [4.78, 5) is 36.6. The van der Waals surface area contributed by atoms with Crippen molar-refractivity contribution in [2.45, 2.75) is 38.6 Å². The van der Waals surface area contributed by atoms with E-state index in [9.17, 15) is 9.59 Å². The van der Waals surface area contributed by atoms with Gasteiger partial charge in [-0.3, -0.25) is 14.2 Å². The molecular weight excluding hydrogens is 408 g/mol. The van der Waals surface area contributed by atoms with Crippen molar-refractivity contribution in [3.8, 4) is 0 Å². The highest BCUT2D eigenvalue weighted by atomic mass is 32.1. The van der Waals surface area contributed by atoms with Crippen LogP contribution in [-0.4, -0.2) is 38.4 Å². The third-order valence-electron chi connectivity index (χ3n) is 6.13. The van der Waals surface area contributed by atoms with E-state index >= 15 is 0 Å². The van der Waals surface area contributed by atoms with Crippen LogP contribution in [0, 0.1) is 6.92 Å². The van der Waals surface area contributed by atoms with Gasteiger partial charge in [0, 0.05) is 32.0 Å². The normalized spacial score (nSPS) is 15.1. The minimum absolute atomic E-state index is 0.0870. The van der Waals surface area contributed by atoms with E-state index in [0.29, 0.717) is 24.3 Å². The van der Waals surface area contributed by atoms with Crippen molar-refractivity contribution < 1.29 is 4.79 Å². The van der Waals surface area contributed by atoms with E-state index in [1.807, 2.05) is 36.1 Å². The Morgan fingerprint density at radius 1 is 1.13 bits per heavy atom. The number of piperidine rings is 1. The molecule has 3 heterocycles. The van der Waals surface area contributed by atoms with Crippen molar-refractivity contribution in [2.75, 3.05) is 13.1 Å². The van der Waals surface area contributed by atoms with Crippen LogP contribution in [0.1, 0.15) is 35.8 Å². The number of nitrogens with zero attached hydrogens (tertiary/aromatic N) is 4. The molecule has 1 aliphatic heterocycles. The zero-order chi connectivity index (χ0) is 21.4. The molecule has 0 radical (unpaired) electrons. The molecule has 0 saturated carbocycles. The molecule has 5 rings (SSSR count). The number of thiazole rings is 1. The Morgan fingerprint density at radius 3 is 2.74 bits per heavy atom. The Bertz CT molecular complexity index is 1290. The quantitative estimate of drug-likeness (QED) is 0.487. The first-order valence-electron chi connectivity index (χ1n) is 10.7. The van der Waals surface area contributed by atoms with Gasteiger partial charge in [0.05, 0.1) is 32.5 Å². The predicted molar refractivity (Wildman–Crippen MR) is 124 cm³/mol. The van der Waals surface area contributed by atoms with E-state index < -0.39 is 0 Å². The first-order valence-corrected chi connectivity index (χ1v) is 11.5.